The van der Waals surface area contributed by atoms with Crippen LogP contribution in [-0.2, 0) is 0 Å². The second-order valence-corrected chi connectivity index (χ2v) is 4.24. The molecule has 0 saturated carbocycles. The van der Waals surface area contributed by atoms with Gasteiger partial charge in [-0.25, -0.2) is 0 Å². The molecule has 0 fully saturated rings. The molecule has 0 rings (SSSR count). The SMILES string of the molecule is C[SiH2]N[SiH3].[Li]. The molecular formula is CH9LiNSi2. The molecule has 0 aliphatic carbocycles. The predicted octanol–water partition coefficient (Wildman–Crippen LogP) is -2.39. The molecule has 0 aromatic heterocycles. The van der Waals surface area contributed by atoms with Gasteiger partial charge >= 0.3 is 0 Å². The van der Waals surface area contributed by atoms with Crippen LogP contribution in [0.2, 0.25) is 6.55 Å². The standard InChI is InChI=1S/CH9NSi2.Li/c1-4-2-3;/h2H,4H2,1,3H3;. The minimum Gasteiger partial charge on any atom is -0.372 e. The van der Waals surface area contributed by atoms with Gasteiger partial charge in [-0.3, -0.25) is 0 Å². The minimum absolute atomic E-state index is 0. The van der Waals surface area contributed by atoms with E-state index in [2.05, 4.69) is 11.2 Å². The molecule has 1 nitrogen and oxygen atoms in total. The predicted molar refractivity (Wildman–Crippen MR) is 33.2 cm³/mol. The summed E-state index contributed by atoms with van der Waals surface area (Å²) in [6.07, 6.45) is 0. The van der Waals surface area contributed by atoms with Crippen LogP contribution in [0, 0.1) is 0 Å². The Hall–Kier alpha value is 0.991. The summed E-state index contributed by atoms with van der Waals surface area (Å²) in [5, 5.41) is 0. The van der Waals surface area contributed by atoms with Gasteiger partial charge in [0.15, 0.2) is 0 Å². The van der Waals surface area contributed by atoms with Crippen molar-refractivity contribution < 1.29 is 0 Å². The van der Waals surface area contributed by atoms with Crippen LogP contribution in [0.25, 0.3) is 0 Å². The van der Waals surface area contributed by atoms with Crippen molar-refractivity contribution in [3.05, 3.63) is 0 Å². The van der Waals surface area contributed by atoms with Gasteiger partial charge in [0.05, 0.1) is 20.1 Å². The first-order valence-electron chi connectivity index (χ1n) is 1.56. The van der Waals surface area contributed by atoms with Crippen LogP contribution in [0.4, 0.5) is 0 Å². The third kappa shape index (κ3) is 11.3. The molecule has 1 N–H and O–H groups in total. The van der Waals surface area contributed by atoms with Crippen molar-refractivity contribution in [1.29, 1.82) is 0 Å². The molecular weight excluding hydrogens is 89.1 g/mol. The first-order chi connectivity index (χ1) is 1.91. The molecule has 0 aliphatic rings. The van der Waals surface area contributed by atoms with Crippen molar-refractivity contribution in [3.8, 4) is 0 Å². The molecule has 0 aromatic rings. The van der Waals surface area contributed by atoms with E-state index in [1.165, 1.54) is 10.4 Å². The average molecular weight is 98.2 g/mol. The fourth-order valence-corrected chi connectivity index (χ4v) is 0. The molecule has 0 atom stereocenters. The first-order valence-corrected chi connectivity index (χ1v) is 4.68. The van der Waals surface area contributed by atoms with Crippen molar-refractivity contribution in [2.45, 2.75) is 6.55 Å². The summed E-state index contributed by atoms with van der Waals surface area (Å²) >= 11 is 0. The van der Waals surface area contributed by atoms with E-state index in [0.29, 0.717) is 0 Å². The van der Waals surface area contributed by atoms with Gasteiger partial charge in [-0.1, -0.05) is 6.55 Å². The number of rotatable bonds is 1. The summed E-state index contributed by atoms with van der Waals surface area (Å²) in [6.45, 7) is 2.24. The molecule has 0 heterocycles. The zero-order chi connectivity index (χ0) is 3.41. The van der Waals surface area contributed by atoms with E-state index < -0.39 is 0 Å². The Morgan fingerprint density at radius 3 is 2.00 bits per heavy atom. The number of nitrogens with one attached hydrogen (secondary N) is 1. The molecule has 5 heavy (non-hydrogen) atoms. The maximum Gasteiger partial charge on any atom is 0.0811 e. The Morgan fingerprint density at radius 2 is 2.00 bits per heavy atom. The van der Waals surface area contributed by atoms with E-state index in [1.54, 1.807) is 0 Å². The topological polar surface area (TPSA) is 12.0 Å². The zero-order valence-corrected chi connectivity index (χ0v) is 7.62. The molecule has 27 valence electrons. The van der Waals surface area contributed by atoms with Gasteiger partial charge in [-0.2, -0.15) is 0 Å². The molecule has 0 aliphatic heterocycles. The van der Waals surface area contributed by atoms with Crippen molar-refractivity contribution in [2.24, 2.45) is 0 Å². The summed E-state index contributed by atoms with van der Waals surface area (Å²) in [4.78, 5) is 0. The Balaban J connectivity index is 0. The molecule has 0 saturated heterocycles. The summed E-state index contributed by atoms with van der Waals surface area (Å²) in [7, 11) is 1.44. The van der Waals surface area contributed by atoms with Crippen molar-refractivity contribution >= 4 is 38.9 Å². The number of hydrogen-bond acceptors (Lipinski definition) is 1. The fourth-order valence-electron chi connectivity index (χ4n) is 0. The second kappa shape index (κ2) is 8.89. The molecule has 0 unspecified atom stereocenters. The van der Waals surface area contributed by atoms with Gasteiger partial charge in [-0.05, 0) is 0 Å². The van der Waals surface area contributed by atoms with E-state index in [9.17, 15) is 0 Å². The van der Waals surface area contributed by atoms with Crippen molar-refractivity contribution in [3.63, 3.8) is 0 Å². The van der Waals surface area contributed by atoms with Crippen LogP contribution in [0.1, 0.15) is 0 Å². The minimum atomic E-state index is 0. The summed E-state index contributed by atoms with van der Waals surface area (Å²) in [5.41, 5.74) is 0. The fraction of sp³-hybridized carbons (Fsp3) is 1.00. The average Bonchev–Trinajstić information content (AvgIpc) is 1.37. The Morgan fingerprint density at radius 1 is 1.80 bits per heavy atom. The first kappa shape index (κ1) is 9.37. The van der Waals surface area contributed by atoms with E-state index in [-0.39, 0.29) is 28.5 Å². The summed E-state index contributed by atoms with van der Waals surface area (Å²) in [6, 6.07) is 0. The van der Waals surface area contributed by atoms with Gasteiger partial charge < -0.3 is 4.65 Å². The monoisotopic (exact) mass is 98.0 g/mol. The Labute approximate surface area is 50.5 Å². The van der Waals surface area contributed by atoms with Crippen LogP contribution in [-0.4, -0.2) is 38.9 Å². The molecule has 0 amide bonds. The van der Waals surface area contributed by atoms with Gasteiger partial charge in [0.1, 0.15) is 0 Å². The molecule has 4 heteroatoms. The maximum atomic E-state index is 3.21. The van der Waals surface area contributed by atoms with E-state index >= 15 is 0 Å². The van der Waals surface area contributed by atoms with Crippen molar-refractivity contribution in [1.82, 2.24) is 4.65 Å². The normalized spacial score (nSPS) is 9.00. The quantitative estimate of drug-likeness (QED) is 0.361. The van der Waals surface area contributed by atoms with Crippen LogP contribution < -0.4 is 4.65 Å². The second-order valence-electron chi connectivity index (χ2n) is 0.707. The molecule has 1 radical (unpaired) electrons. The van der Waals surface area contributed by atoms with Gasteiger partial charge in [-0.15, -0.1) is 0 Å². The van der Waals surface area contributed by atoms with Gasteiger partial charge in [0.25, 0.3) is 0 Å². The number of hydrogen-bond donors (Lipinski definition) is 1. The Bertz CT molecular complexity index is 11.6. The summed E-state index contributed by atoms with van der Waals surface area (Å²) < 4.78 is 3.21. The maximum absolute atomic E-state index is 3.21. The van der Waals surface area contributed by atoms with Crippen LogP contribution >= 0.6 is 0 Å². The molecule has 0 bridgehead atoms. The van der Waals surface area contributed by atoms with E-state index in [0.717, 1.165) is 0 Å². The van der Waals surface area contributed by atoms with Crippen LogP contribution in [0.5, 0.6) is 0 Å². The van der Waals surface area contributed by atoms with Crippen molar-refractivity contribution in [2.75, 3.05) is 0 Å². The van der Waals surface area contributed by atoms with E-state index in [1.807, 2.05) is 0 Å². The van der Waals surface area contributed by atoms with Crippen LogP contribution in [0.3, 0.4) is 0 Å². The molecule has 0 spiro atoms. The van der Waals surface area contributed by atoms with Crippen LogP contribution in [0.15, 0.2) is 0 Å². The van der Waals surface area contributed by atoms with E-state index in [4.69, 9.17) is 0 Å². The van der Waals surface area contributed by atoms with Gasteiger partial charge in [0, 0.05) is 18.9 Å². The smallest absolute Gasteiger partial charge is 0.0811 e. The van der Waals surface area contributed by atoms with Gasteiger partial charge in [0.2, 0.25) is 0 Å². The third-order valence-electron chi connectivity index (χ3n) is 0.354. The molecule has 0 aromatic carbocycles. The third-order valence-corrected chi connectivity index (χ3v) is 3.18. The largest absolute Gasteiger partial charge is 0.372 e. The Kier molecular flexibility index (Phi) is 16.7. The summed E-state index contributed by atoms with van der Waals surface area (Å²) in [5.74, 6) is 0. The zero-order valence-electron chi connectivity index (χ0n) is 4.21.